The highest BCUT2D eigenvalue weighted by Crippen LogP contribution is 2.37. The molecule has 1 amide bonds. The molecule has 4 rings (SSSR count). The van der Waals surface area contributed by atoms with Crippen molar-refractivity contribution in [1.82, 2.24) is 14.9 Å². The number of anilines is 1. The number of carbonyl (C=O) groups excluding carboxylic acids is 1. The third kappa shape index (κ3) is 3.52. The van der Waals surface area contributed by atoms with Crippen molar-refractivity contribution in [1.29, 1.82) is 0 Å². The molecule has 2 aromatic carbocycles. The number of carbonyl (C=O) groups is 1. The van der Waals surface area contributed by atoms with Gasteiger partial charge in [-0.05, 0) is 29.8 Å². The minimum atomic E-state index is -0.459. The van der Waals surface area contributed by atoms with Crippen LogP contribution in [-0.2, 0) is 11.2 Å². The highest BCUT2D eigenvalue weighted by atomic mass is 32.2. The van der Waals surface area contributed by atoms with Crippen molar-refractivity contribution in [3.8, 4) is 0 Å². The molecular formula is C19H18FN5OS. The van der Waals surface area contributed by atoms with Crippen LogP contribution in [-0.4, -0.2) is 26.0 Å². The molecule has 1 aromatic heterocycles. The van der Waals surface area contributed by atoms with E-state index in [1.165, 1.54) is 23.9 Å². The molecule has 1 aliphatic heterocycles. The second-order valence-electron chi connectivity index (χ2n) is 6.14. The van der Waals surface area contributed by atoms with Crippen molar-refractivity contribution < 1.29 is 9.18 Å². The number of amides is 1. The van der Waals surface area contributed by atoms with Crippen LogP contribution in [0, 0.1) is 5.82 Å². The molecule has 0 spiro atoms. The first-order valence-electron chi connectivity index (χ1n) is 8.64. The zero-order chi connectivity index (χ0) is 18.8. The number of aromatic nitrogens is 3. The van der Waals surface area contributed by atoms with Crippen molar-refractivity contribution in [3.05, 3.63) is 71.8 Å². The Hall–Kier alpha value is -2.87. The number of fused-ring (bicyclic) bond motifs is 1. The first kappa shape index (κ1) is 17.5. The van der Waals surface area contributed by atoms with Crippen molar-refractivity contribution in [2.75, 3.05) is 10.7 Å². The number of nitrogens with zero attached hydrogens (tertiary/aromatic N) is 3. The van der Waals surface area contributed by atoms with Crippen LogP contribution in [0.1, 0.15) is 24.4 Å². The van der Waals surface area contributed by atoms with Crippen LogP contribution < -0.4 is 10.7 Å². The summed E-state index contributed by atoms with van der Waals surface area (Å²) < 4.78 is 15.0. The summed E-state index contributed by atoms with van der Waals surface area (Å²) in [5.74, 6) is 0.292. The molecule has 8 heteroatoms. The molecule has 3 aromatic rings. The second-order valence-corrected chi connectivity index (χ2v) is 7.25. The number of hydrogen-bond donors (Lipinski definition) is 2. The average Bonchev–Trinajstić information content (AvgIpc) is 3.11. The summed E-state index contributed by atoms with van der Waals surface area (Å²) >= 11 is 1.37. The van der Waals surface area contributed by atoms with Gasteiger partial charge >= 0.3 is 0 Å². The number of benzene rings is 2. The van der Waals surface area contributed by atoms with Gasteiger partial charge in [0.1, 0.15) is 11.1 Å². The molecule has 2 atom stereocenters. The largest absolute Gasteiger partial charge is 0.325 e. The Morgan fingerprint density at radius 3 is 2.63 bits per heavy atom. The predicted octanol–water partition coefficient (Wildman–Crippen LogP) is 3.38. The van der Waals surface area contributed by atoms with E-state index >= 15 is 0 Å². The molecular weight excluding hydrogens is 365 g/mol. The number of aryl methyl sites for hydroxylation is 1. The Labute approximate surface area is 160 Å². The van der Waals surface area contributed by atoms with Crippen molar-refractivity contribution in [3.63, 3.8) is 0 Å². The van der Waals surface area contributed by atoms with Crippen LogP contribution in [0.2, 0.25) is 0 Å². The number of halogens is 1. The molecule has 6 nitrogen and oxygen atoms in total. The van der Waals surface area contributed by atoms with E-state index in [1.807, 2.05) is 41.9 Å². The average molecular weight is 383 g/mol. The van der Waals surface area contributed by atoms with Gasteiger partial charge < -0.3 is 10.7 Å². The van der Waals surface area contributed by atoms with Gasteiger partial charge in [-0.15, -0.1) is 10.2 Å². The van der Waals surface area contributed by atoms with E-state index in [4.69, 9.17) is 0 Å². The summed E-state index contributed by atoms with van der Waals surface area (Å²) in [6, 6.07) is 15.3. The van der Waals surface area contributed by atoms with Crippen LogP contribution in [0.5, 0.6) is 0 Å². The smallest absolute Gasteiger partial charge is 0.240 e. The van der Waals surface area contributed by atoms with E-state index in [1.54, 1.807) is 12.1 Å². The van der Waals surface area contributed by atoms with Gasteiger partial charge in [0.05, 0.1) is 6.04 Å². The fourth-order valence-electron chi connectivity index (χ4n) is 2.98. The quantitative estimate of drug-likeness (QED) is 0.723. The minimum absolute atomic E-state index is 0.180. The summed E-state index contributed by atoms with van der Waals surface area (Å²) in [6.45, 7) is 2.01. The third-order valence-electron chi connectivity index (χ3n) is 4.35. The Morgan fingerprint density at radius 2 is 1.93 bits per heavy atom. The lowest BCUT2D eigenvalue weighted by atomic mass is 10.0. The molecule has 138 valence electrons. The Kier molecular flexibility index (Phi) is 4.81. The molecule has 0 fully saturated rings. The van der Waals surface area contributed by atoms with Gasteiger partial charge in [-0.1, -0.05) is 49.0 Å². The standard InChI is InChI=1S/C19H18FN5OS/c1-2-15-22-23-19-25(15)24-16(12-6-4-3-5-7-12)17(27-19)18(26)21-14-10-8-13(20)9-11-14/h3-11,16-17,24H,2H2,1H3,(H,21,26)/t16-,17-/m1/s1. The lowest BCUT2D eigenvalue weighted by Gasteiger charge is -2.32. The topological polar surface area (TPSA) is 71.8 Å². The van der Waals surface area contributed by atoms with Gasteiger partial charge in [0.2, 0.25) is 11.1 Å². The Bertz CT molecular complexity index is 944. The lowest BCUT2D eigenvalue weighted by Crippen LogP contribution is -2.41. The first-order valence-corrected chi connectivity index (χ1v) is 9.52. The third-order valence-corrected chi connectivity index (χ3v) is 5.56. The molecule has 2 N–H and O–H groups in total. The number of thioether (sulfide) groups is 1. The highest BCUT2D eigenvalue weighted by Gasteiger charge is 2.37. The summed E-state index contributed by atoms with van der Waals surface area (Å²) in [7, 11) is 0. The van der Waals surface area contributed by atoms with Gasteiger partial charge in [-0.25, -0.2) is 9.07 Å². The predicted molar refractivity (Wildman–Crippen MR) is 103 cm³/mol. The minimum Gasteiger partial charge on any atom is -0.325 e. The molecule has 0 unspecified atom stereocenters. The monoisotopic (exact) mass is 383 g/mol. The van der Waals surface area contributed by atoms with Crippen molar-refractivity contribution >= 4 is 23.4 Å². The number of hydrogen-bond acceptors (Lipinski definition) is 5. The van der Waals surface area contributed by atoms with Crippen LogP contribution in [0.25, 0.3) is 0 Å². The molecule has 0 bridgehead atoms. The van der Waals surface area contributed by atoms with E-state index in [0.29, 0.717) is 10.8 Å². The van der Waals surface area contributed by atoms with Gasteiger partial charge in [-0.2, -0.15) is 0 Å². The molecule has 1 aliphatic rings. The zero-order valence-corrected chi connectivity index (χ0v) is 15.4. The lowest BCUT2D eigenvalue weighted by molar-refractivity contribution is -0.116. The van der Waals surface area contributed by atoms with Gasteiger partial charge in [0, 0.05) is 12.1 Å². The fraction of sp³-hybridized carbons (Fsp3) is 0.211. The van der Waals surface area contributed by atoms with E-state index in [2.05, 4.69) is 20.9 Å². The molecule has 0 saturated carbocycles. The van der Waals surface area contributed by atoms with Crippen molar-refractivity contribution in [2.24, 2.45) is 0 Å². The van der Waals surface area contributed by atoms with Gasteiger partial charge in [-0.3, -0.25) is 4.79 Å². The fourth-order valence-corrected chi connectivity index (χ4v) is 4.08. The van der Waals surface area contributed by atoms with Gasteiger partial charge in [0.25, 0.3) is 0 Å². The van der Waals surface area contributed by atoms with Crippen LogP contribution in [0.15, 0.2) is 59.8 Å². The van der Waals surface area contributed by atoms with Crippen LogP contribution >= 0.6 is 11.8 Å². The zero-order valence-electron chi connectivity index (χ0n) is 14.6. The first-order chi connectivity index (χ1) is 13.2. The summed E-state index contributed by atoms with van der Waals surface area (Å²) in [4.78, 5) is 13.0. The number of nitrogens with one attached hydrogen (secondary N) is 2. The van der Waals surface area contributed by atoms with Crippen LogP contribution in [0.4, 0.5) is 10.1 Å². The van der Waals surface area contributed by atoms with Crippen LogP contribution in [0.3, 0.4) is 0 Å². The summed E-state index contributed by atoms with van der Waals surface area (Å²) in [5.41, 5.74) is 4.93. The Balaban J connectivity index is 1.65. The van der Waals surface area contributed by atoms with E-state index in [0.717, 1.165) is 17.8 Å². The second kappa shape index (κ2) is 7.40. The molecule has 0 aliphatic carbocycles. The van der Waals surface area contributed by atoms with Gasteiger partial charge in [0.15, 0.2) is 5.82 Å². The maximum atomic E-state index is 13.1. The molecule has 0 radical (unpaired) electrons. The maximum absolute atomic E-state index is 13.1. The summed E-state index contributed by atoms with van der Waals surface area (Å²) in [5, 5.41) is 11.4. The molecule has 27 heavy (non-hydrogen) atoms. The van der Waals surface area contributed by atoms with E-state index in [9.17, 15) is 9.18 Å². The summed E-state index contributed by atoms with van der Waals surface area (Å²) in [6.07, 6.45) is 0.731. The van der Waals surface area contributed by atoms with E-state index in [-0.39, 0.29) is 17.8 Å². The molecule has 0 saturated heterocycles. The SMILES string of the molecule is CCc1nnc2n1N[C@H](c1ccccc1)[C@H](C(=O)Nc1ccc(F)cc1)S2. The highest BCUT2D eigenvalue weighted by molar-refractivity contribution is 8.00. The number of rotatable bonds is 4. The Morgan fingerprint density at radius 1 is 1.19 bits per heavy atom. The normalized spacial score (nSPS) is 18.4. The maximum Gasteiger partial charge on any atom is 0.240 e. The van der Waals surface area contributed by atoms with Crippen molar-refractivity contribution in [2.45, 2.75) is 29.8 Å². The van der Waals surface area contributed by atoms with E-state index < -0.39 is 5.25 Å². The molecule has 2 heterocycles.